The molecule has 4 heterocycles. The number of hydrogen-bond donors (Lipinski definition) is 1. The summed E-state index contributed by atoms with van der Waals surface area (Å²) in [5, 5.41) is 9.15. The Hall–Kier alpha value is -2.25. The minimum absolute atomic E-state index is 0.267. The molecule has 1 saturated heterocycles. The van der Waals surface area contributed by atoms with Gasteiger partial charge in [-0.25, -0.2) is 14.1 Å². The SMILES string of the molecule is Cc1nc2c(F)cc(-n3cc4cc(C5CCNCC5)sc4n3)cc2o1. The maximum absolute atomic E-state index is 14.3. The number of aryl methyl sites for hydroxylation is 1. The third-order valence-corrected chi connectivity index (χ3v) is 5.96. The Labute approximate surface area is 147 Å². The van der Waals surface area contributed by atoms with E-state index in [1.165, 1.54) is 23.8 Å². The average Bonchev–Trinajstić information content (AvgIpc) is 3.27. The van der Waals surface area contributed by atoms with Gasteiger partial charge in [0.05, 0.1) is 5.69 Å². The molecule has 0 amide bonds. The number of nitrogens with one attached hydrogen (secondary N) is 1. The van der Waals surface area contributed by atoms with Crippen LogP contribution in [0, 0.1) is 12.7 Å². The molecule has 1 aliphatic rings. The van der Waals surface area contributed by atoms with Crippen LogP contribution in [0.4, 0.5) is 4.39 Å². The maximum Gasteiger partial charge on any atom is 0.192 e. The van der Waals surface area contributed by atoms with Crippen LogP contribution in [0.15, 0.2) is 28.8 Å². The van der Waals surface area contributed by atoms with E-state index >= 15 is 0 Å². The number of piperidine rings is 1. The second-order valence-corrected chi connectivity index (χ2v) is 7.58. The molecule has 0 saturated carbocycles. The van der Waals surface area contributed by atoms with Crippen LogP contribution in [-0.4, -0.2) is 27.9 Å². The third kappa shape index (κ3) is 2.54. The van der Waals surface area contributed by atoms with Gasteiger partial charge in [-0.1, -0.05) is 0 Å². The molecule has 4 aromatic rings. The summed E-state index contributed by atoms with van der Waals surface area (Å²) in [6.45, 7) is 3.87. The van der Waals surface area contributed by atoms with E-state index in [0.717, 1.165) is 23.3 Å². The quantitative estimate of drug-likeness (QED) is 0.586. The number of oxazole rings is 1. The van der Waals surface area contributed by atoms with Crippen molar-refractivity contribution in [1.82, 2.24) is 20.1 Å². The van der Waals surface area contributed by atoms with Crippen molar-refractivity contribution in [2.24, 2.45) is 0 Å². The number of rotatable bonds is 2. The van der Waals surface area contributed by atoms with Crippen LogP contribution >= 0.6 is 11.3 Å². The number of nitrogens with zero attached hydrogens (tertiary/aromatic N) is 3. The number of fused-ring (bicyclic) bond motifs is 2. The summed E-state index contributed by atoms with van der Waals surface area (Å²) in [7, 11) is 0. The Balaban J connectivity index is 1.53. The number of aromatic nitrogens is 3. The van der Waals surface area contributed by atoms with Gasteiger partial charge in [-0.05, 0) is 37.9 Å². The van der Waals surface area contributed by atoms with Gasteiger partial charge in [0.25, 0.3) is 0 Å². The molecule has 1 N–H and O–H groups in total. The van der Waals surface area contributed by atoms with Crippen LogP contribution in [0.2, 0.25) is 0 Å². The number of benzene rings is 1. The summed E-state index contributed by atoms with van der Waals surface area (Å²) in [5.41, 5.74) is 1.36. The van der Waals surface area contributed by atoms with E-state index in [1.807, 2.05) is 6.20 Å². The second kappa shape index (κ2) is 5.64. The molecule has 0 atom stereocenters. The van der Waals surface area contributed by atoms with Crippen molar-refractivity contribution in [3.8, 4) is 5.69 Å². The highest BCUT2D eigenvalue weighted by molar-refractivity contribution is 7.18. The van der Waals surface area contributed by atoms with E-state index in [9.17, 15) is 4.39 Å². The van der Waals surface area contributed by atoms with Gasteiger partial charge in [-0.3, -0.25) is 0 Å². The summed E-state index contributed by atoms with van der Waals surface area (Å²) in [6.07, 6.45) is 4.31. The van der Waals surface area contributed by atoms with Crippen molar-refractivity contribution < 1.29 is 8.81 Å². The zero-order valence-corrected chi connectivity index (χ0v) is 14.6. The van der Waals surface area contributed by atoms with Crippen LogP contribution in [0.1, 0.15) is 29.5 Å². The normalized spacial score (nSPS) is 16.2. The molecule has 0 unspecified atom stereocenters. The minimum Gasteiger partial charge on any atom is -0.441 e. The van der Waals surface area contributed by atoms with Gasteiger partial charge < -0.3 is 9.73 Å². The van der Waals surface area contributed by atoms with Crippen LogP contribution in [-0.2, 0) is 0 Å². The van der Waals surface area contributed by atoms with Gasteiger partial charge in [0.2, 0.25) is 0 Å². The molecule has 0 radical (unpaired) electrons. The molecule has 0 bridgehead atoms. The topological polar surface area (TPSA) is 55.9 Å². The second-order valence-electron chi connectivity index (χ2n) is 6.51. The maximum atomic E-state index is 14.3. The lowest BCUT2D eigenvalue weighted by molar-refractivity contribution is 0.465. The van der Waals surface area contributed by atoms with E-state index in [4.69, 9.17) is 4.42 Å². The van der Waals surface area contributed by atoms with Gasteiger partial charge in [-0.2, -0.15) is 5.10 Å². The Morgan fingerprint density at radius 3 is 2.92 bits per heavy atom. The van der Waals surface area contributed by atoms with Crippen molar-refractivity contribution in [1.29, 1.82) is 0 Å². The molecular weight excluding hydrogens is 339 g/mol. The fourth-order valence-electron chi connectivity index (χ4n) is 3.50. The van der Waals surface area contributed by atoms with E-state index in [1.54, 1.807) is 29.0 Å². The summed E-state index contributed by atoms with van der Waals surface area (Å²) in [4.78, 5) is 6.46. The van der Waals surface area contributed by atoms with E-state index in [2.05, 4.69) is 21.5 Å². The molecule has 7 heteroatoms. The summed E-state index contributed by atoms with van der Waals surface area (Å²) in [5.74, 6) is 0.692. The van der Waals surface area contributed by atoms with Gasteiger partial charge in [0, 0.05) is 35.5 Å². The first-order chi connectivity index (χ1) is 12.2. The van der Waals surface area contributed by atoms with Crippen molar-refractivity contribution in [3.05, 3.63) is 41.0 Å². The van der Waals surface area contributed by atoms with Crippen LogP contribution in [0.5, 0.6) is 0 Å². The standard InChI is InChI=1S/C18H17FN4OS/c1-10-21-17-14(19)7-13(8-15(17)24-10)23-9-12-6-16(25-18(12)22-23)11-2-4-20-5-3-11/h6-9,11,20H,2-5H2,1H3. The van der Waals surface area contributed by atoms with Crippen molar-refractivity contribution in [3.63, 3.8) is 0 Å². The van der Waals surface area contributed by atoms with Crippen LogP contribution in [0.3, 0.4) is 0 Å². The summed E-state index contributed by atoms with van der Waals surface area (Å²) in [6, 6.07) is 5.46. The Kier molecular flexibility index (Phi) is 3.39. The van der Waals surface area contributed by atoms with Gasteiger partial charge in [0.15, 0.2) is 17.3 Å². The number of halogens is 1. The molecule has 1 fully saturated rings. The monoisotopic (exact) mass is 356 g/mol. The first kappa shape index (κ1) is 15.0. The van der Waals surface area contributed by atoms with E-state index < -0.39 is 5.82 Å². The summed E-state index contributed by atoms with van der Waals surface area (Å²) >= 11 is 1.74. The third-order valence-electron chi connectivity index (χ3n) is 4.77. The lowest BCUT2D eigenvalue weighted by Crippen LogP contribution is -2.26. The van der Waals surface area contributed by atoms with Gasteiger partial charge in [0.1, 0.15) is 10.3 Å². The van der Waals surface area contributed by atoms with Crippen LogP contribution in [0.25, 0.3) is 27.0 Å². The molecule has 1 aromatic carbocycles. The number of thiophene rings is 1. The van der Waals surface area contributed by atoms with E-state index in [-0.39, 0.29) is 5.52 Å². The Morgan fingerprint density at radius 2 is 2.12 bits per heavy atom. The molecule has 0 aliphatic carbocycles. The fourth-order valence-corrected chi connectivity index (χ4v) is 4.67. The van der Waals surface area contributed by atoms with Crippen molar-refractivity contribution in [2.75, 3.05) is 13.1 Å². The smallest absolute Gasteiger partial charge is 0.192 e. The van der Waals surface area contributed by atoms with Crippen molar-refractivity contribution in [2.45, 2.75) is 25.7 Å². The molecule has 128 valence electrons. The predicted octanol–water partition coefficient (Wildman–Crippen LogP) is 4.14. The zero-order chi connectivity index (χ0) is 17.0. The molecular formula is C18H17FN4OS. The molecule has 3 aromatic heterocycles. The first-order valence-corrected chi connectivity index (χ1v) is 9.26. The molecule has 25 heavy (non-hydrogen) atoms. The van der Waals surface area contributed by atoms with E-state index in [0.29, 0.717) is 23.1 Å². The van der Waals surface area contributed by atoms with Crippen LogP contribution < -0.4 is 5.32 Å². The zero-order valence-electron chi connectivity index (χ0n) is 13.8. The largest absolute Gasteiger partial charge is 0.441 e. The number of hydrogen-bond acceptors (Lipinski definition) is 5. The van der Waals surface area contributed by atoms with Gasteiger partial charge in [-0.15, -0.1) is 11.3 Å². The van der Waals surface area contributed by atoms with Crippen molar-refractivity contribution >= 4 is 32.7 Å². The fraction of sp³-hybridized carbons (Fsp3) is 0.333. The average molecular weight is 356 g/mol. The lowest BCUT2D eigenvalue weighted by Gasteiger charge is -2.21. The first-order valence-electron chi connectivity index (χ1n) is 8.44. The molecule has 1 aliphatic heterocycles. The highest BCUT2D eigenvalue weighted by Gasteiger charge is 2.19. The Morgan fingerprint density at radius 1 is 1.28 bits per heavy atom. The Bertz CT molecular complexity index is 1040. The highest BCUT2D eigenvalue weighted by atomic mass is 32.1. The highest BCUT2D eigenvalue weighted by Crippen LogP contribution is 2.35. The molecule has 5 nitrogen and oxygen atoms in total. The summed E-state index contributed by atoms with van der Waals surface area (Å²) < 4.78 is 21.5. The predicted molar refractivity (Wildman–Crippen MR) is 96.1 cm³/mol. The molecule has 0 spiro atoms. The minimum atomic E-state index is -0.390. The lowest BCUT2D eigenvalue weighted by atomic mass is 9.96. The van der Waals surface area contributed by atoms with Gasteiger partial charge >= 0.3 is 0 Å². The molecule has 5 rings (SSSR count).